The lowest BCUT2D eigenvalue weighted by atomic mass is 9.98. The first-order valence-corrected chi connectivity index (χ1v) is 13.5. The molecule has 0 radical (unpaired) electrons. The van der Waals surface area contributed by atoms with Crippen LogP contribution in [-0.4, -0.2) is 45.4 Å². The highest BCUT2D eigenvalue weighted by Gasteiger charge is 2.30. The SMILES string of the molecule is CCC1c2ccsc2CCN1C(=O)CSc1nc2ccccc2c(=O)n1CCCOC(C)C. The molecule has 0 saturated heterocycles. The van der Waals surface area contributed by atoms with Crippen LogP contribution in [0.1, 0.15) is 50.1 Å². The molecule has 0 spiro atoms. The predicted molar refractivity (Wildman–Crippen MR) is 135 cm³/mol. The highest BCUT2D eigenvalue weighted by Crippen LogP contribution is 2.35. The molecule has 0 N–H and O–H groups in total. The average Bonchev–Trinajstić information content (AvgIpc) is 3.29. The minimum Gasteiger partial charge on any atom is -0.379 e. The number of thioether (sulfide) groups is 1. The molecule has 1 amide bonds. The number of amides is 1. The lowest BCUT2D eigenvalue weighted by Gasteiger charge is -2.35. The summed E-state index contributed by atoms with van der Waals surface area (Å²) >= 11 is 3.14. The number of hydrogen-bond acceptors (Lipinski definition) is 6. The zero-order chi connectivity index (χ0) is 23.4. The maximum atomic E-state index is 13.2. The van der Waals surface area contributed by atoms with Crippen LogP contribution in [0, 0.1) is 0 Å². The summed E-state index contributed by atoms with van der Waals surface area (Å²) in [5.41, 5.74) is 1.89. The number of benzene rings is 1. The van der Waals surface area contributed by atoms with E-state index < -0.39 is 0 Å². The van der Waals surface area contributed by atoms with Crippen molar-refractivity contribution in [1.82, 2.24) is 14.5 Å². The zero-order valence-corrected chi connectivity index (χ0v) is 21.1. The molecule has 0 bridgehead atoms. The maximum absolute atomic E-state index is 13.2. The minimum atomic E-state index is -0.0626. The Hall–Kier alpha value is -2.16. The van der Waals surface area contributed by atoms with Gasteiger partial charge in [-0.3, -0.25) is 14.2 Å². The molecule has 1 aliphatic rings. The van der Waals surface area contributed by atoms with Gasteiger partial charge in [0.2, 0.25) is 5.91 Å². The summed E-state index contributed by atoms with van der Waals surface area (Å²) in [5, 5.41) is 3.32. The van der Waals surface area contributed by atoms with Crippen LogP contribution in [0.15, 0.2) is 45.7 Å². The van der Waals surface area contributed by atoms with Crippen molar-refractivity contribution in [3.8, 4) is 0 Å². The first kappa shape index (κ1) is 24.0. The maximum Gasteiger partial charge on any atom is 0.262 e. The van der Waals surface area contributed by atoms with E-state index in [9.17, 15) is 9.59 Å². The second-order valence-electron chi connectivity index (χ2n) is 8.49. The van der Waals surface area contributed by atoms with Crippen molar-refractivity contribution in [3.63, 3.8) is 0 Å². The third-order valence-electron chi connectivity index (χ3n) is 5.93. The lowest BCUT2D eigenvalue weighted by molar-refractivity contribution is -0.131. The molecule has 1 aliphatic heterocycles. The number of fused-ring (bicyclic) bond motifs is 2. The fraction of sp³-hybridized carbons (Fsp3) is 0.480. The Morgan fingerprint density at radius 2 is 2.12 bits per heavy atom. The van der Waals surface area contributed by atoms with Crippen molar-refractivity contribution in [1.29, 1.82) is 0 Å². The molecule has 6 nitrogen and oxygen atoms in total. The molecule has 33 heavy (non-hydrogen) atoms. The second kappa shape index (κ2) is 10.8. The number of carbonyl (C=O) groups is 1. The Morgan fingerprint density at radius 1 is 1.30 bits per heavy atom. The summed E-state index contributed by atoms with van der Waals surface area (Å²) in [5.74, 6) is 0.365. The molecule has 0 saturated carbocycles. The molecule has 8 heteroatoms. The van der Waals surface area contributed by atoms with Gasteiger partial charge in [0, 0.05) is 24.6 Å². The number of hydrogen-bond donors (Lipinski definition) is 0. The number of aromatic nitrogens is 2. The monoisotopic (exact) mass is 485 g/mol. The molecule has 0 aliphatic carbocycles. The van der Waals surface area contributed by atoms with Gasteiger partial charge in [0.05, 0.1) is 28.8 Å². The Kier molecular flexibility index (Phi) is 7.88. The number of rotatable bonds is 9. The molecule has 2 aromatic heterocycles. The standard InChI is InChI=1S/C25H31N3O3S2/c1-4-21-19-11-15-32-22(19)10-13-27(21)23(29)16-33-25-26-20-9-6-5-8-18(20)24(30)28(25)12-7-14-31-17(2)3/h5-6,8-9,11,15,17,21H,4,7,10,12-14,16H2,1-3H3. The second-order valence-corrected chi connectivity index (χ2v) is 10.4. The summed E-state index contributed by atoms with van der Waals surface area (Å²) in [6.45, 7) is 7.97. The van der Waals surface area contributed by atoms with E-state index in [-0.39, 0.29) is 29.4 Å². The van der Waals surface area contributed by atoms with Gasteiger partial charge in [0.1, 0.15) is 0 Å². The summed E-state index contributed by atoms with van der Waals surface area (Å²) in [6.07, 6.45) is 2.68. The number of ether oxygens (including phenoxy) is 1. The number of nitrogens with zero attached hydrogens (tertiary/aromatic N) is 3. The van der Waals surface area contributed by atoms with Crippen molar-refractivity contribution < 1.29 is 9.53 Å². The normalized spacial score (nSPS) is 15.9. The van der Waals surface area contributed by atoms with E-state index in [0.29, 0.717) is 35.6 Å². The smallest absolute Gasteiger partial charge is 0.262 e. The van der Waals surface area contributed by atoms with E-state index in [1.54, 1.807) is 15.9 Å². The number of carbonyl (C=O) groups excluding carboxylic acids is 1. The average molecular weight is 486 g/mol. The van der Waals surface area contributed by atoms with Crippen molar-refractivity contribution in [2.75, 3.05) is 18.9 Å². The molecule has 3 heterocycles. The van der Waals surface area contributed by atoms with Crippen LogP contribution >= 0.6 is 23.1 Å². The molecule has 1 atom stereocenters. The van der Waals surface area contributed by atoms with Gasteiger partial charge in [0.25, 0.3) is 5.56 Å². The minimum absolute atomic E-state index is 0.0626. The number of para-hydroxylation sites is 1. The first-order valence-electron chi connectivity index (χ1n) is 11.6. The van der Waals surface area contributed by atoms with Gasteiger partial charge in [-0.2, -0.15) is 0 Å². The van der Waals surface area contributed by atoms with Gasteiger partial charge in [0.15, 0.2) is 5.16 Å². The van der Waals surface area contributed by atoms with Gasteiger partial charge in [-0.25, -0.2) is 4.98 Å². The predicted octanol–water partition coefficient (Wildman–Crippen LogP) is 4.90. The van der Waals surface area contributed by atoms with Crippen LogP contribution in [0.3, 0.4) is 0 Å². The largest absolute Gasteiger partial charge is 0.379 e. The number of thiophene rings is 1. The Morgan fingerprint density at radius 3 is 2.91 bits per heavy atom. The molecule has 3 aromatic rings. The third kappa shape index (κ3) is 5.34. The molecular weight excluding hydrogens is 454 g/mol. The quantitative estimate of drug-likeness (QED) is 0.245. The van der Waals surface area contributed by atoms with Crippen LogP contribution < -0.4 is 5.56 Å². The molecular formula is C25H31N3O3S2. The van der Waals surface area contributed by atoms with E-state index >= 15 is 0 Å². The van der Waals surface area contributed by atoms with Crippen LogP contribution in [0.25, 0.3) is 10.9 Å². The first-order chi connectivity index (χ1) is 16.0. The molecule has 4 rings (SSSR count). The van der Waals surface area contributed by atoms with Crippen LogP contribution in [0.4, 0.5) is 0 Å². The van der Waals surface area contributed by atoms with Gasteiger partial charge >= 0.3 is 0 Å². The van der Waals surface area contributed by atoms with Gasteiger partial charge in [-0.15, -0.1) is 11.3 Å². The van der Waals surface area contributed by atoms with E-state index in [1.807, 2.05) is 43.0 Å². The van der Waals surface area contributed by atoms with E-state index in [1.165, 1.54) is 22.2 Å². The molecule has 176 valence electrons. The molecule has 0 fully saturated rings. The Labute approximate surface area is 203 Å². The van der Waals surface area contributed by atoms with E-state index in [4.69, 9.17) is 9.72 Å². The van der Waals surface area contributed by atoms with Crippen LogP contribution in [0.2, 0.25) is 0 Å². The van der Waals surface area contributed by atoms with Gasteiger partial charge in [-0.1, -0.05) is 30.8 Å². The molecule has 1 aromatic carbocycles. The summed E-state index contributed by atoms with van der Waals surface area (Å²) in [4.78, 5) is 34.6. The fourth-order valence-electron chi connectivity index (χ4n) is 4.34. The highest BCUT2D eigenvalue weighted by atomic mass is 32.2. The summed E-state index contributed by atoms with van der Waals surface area (Å²) in [6, 6.07) is 9.69. The topological polar surface area (TPSA) is 64.4 Å². The van der Waals surface area contributed by atoms with Gasteiger partial charge in [-0.05, 0) is 62.3 Å². The molecule has 1 unspecified atom stereocenters. The van der Waals surface area contributed by atoms with E-state index in [0.717, 1.165) is 19.4 Å². The van der Waals surface area contributed by atoms with Crippen LogP contribution in [0.5, 0.6) is 0 Å². The van der Waals surface area contributed by atoms with Crippen molar-refractivity contribution >= 4 is 39.9 Å². The van der Waals surface area contributed by atoms with E-state index in [2.05, 4.69) is 18.4 Å². The Balaban J connectivity index is 1.53. The van der Waals surface area contributed by atoms with Gasteiger partial charge < -0.3 is 9.64 Å². The summed E-state index contributed by atoms with van der Waals surface area (Å²) < 4.78 is 7.35. The highest BCUT2D eigenvalue weighted by molar-refractivity contribution is 7.99. The lowest BCUT2D eigenvalue weighted by Crippen LogP contribution is -2.40. The Bertz CT molecular complexity index is 1170. The fourth-order valence-corrected chi connectivity index (χ4v) is 6.18. The summed E-state index contributed by atoms with van der Waals surface area (Å²) in [7, 11) is 0. The van der Waals surface area contributed by atoms with Crippen molar-refractivity contribution in [2.45, 2.75) is 63.9 Å². The zero-order valence-electron chi connectivity index (χ0n) is 19.5. The third-order valence-corrected chi connectivity index (χ3v) is 7.89. The van der Waals surface area contributed by atoms with Crippen LogP contribution in [-0.2, 0) is 22.5 Å². The van der Waals surface area contributed by atoms with Crippen molar-refractivity contribution in [3.05, 3.63) is 56.5 Å². The van der Waals surface area contributed by atoms with Crippen molar-refractivity contribution in [2.24, 2.45) is 0 Å².